The first kappa shape index (κ1) is 17.0. The van der Waals surface area contributed by atoms with Gasteiger partial charge in [0.25, 0.3) is 11.5 Å². The van der Waals surface area contributed by atoms with Crippen LogP contribution in [0, 0.1) is 5.92 Å². The number of hydrogen-bond donors (Lipinski definition) is 1. The molecule has 3 aromatic rings. The lowest BCUT2D eigenvalue weighted by atomic mass is 9.59. The standard InChI is InChI=1S/C24H22N2O2/c1-26-11-10-15(13-22(26)27)24(28)25-14-16-12-21-17-6-2-4-8-19(17)23(16)20-9-5-3-7-18(20)21/h2-11,13,16,21,23H,12,14H2,1H3,(H,25,28). The van der Waals surface area contributed by atoms with Crippen LogP contribution in [0.1, 0.15) is 50.9 Å². The third-order valence-corrected chi connectivity index (χ3v) is 6.31. The Kier molecular flexibility index (Phi) is 3.93. The predicted octanol–water partition coefficient (Wildman–Crippen LogP) is 3.41. The van der Waals surface area contributed by atoms with Gasteiger partial charge in [-0.25, -0.2) is 0 Å². The number of hydrogen-bond acceptors (Lipinski definition) is 2. The second-order valence-corrected chi connectivity index (χ2v) is 7.86. The Bertz CT molecular complexity index is 1080. The van der Waals surface area contributed by atoms with Crippen LogP contribution in [0.2, 0.25) is 0 Å². The fraction of sp³-hybridized carbons (Fsp3) is 0.250. The highest BCUT2D eigenvalue weighted by Gasteiger charge is 2.42. The lowest BCUT2D eigenvalue weighted by molar-refractivity contribution is 0.0942. The van der Waals surface area contributed by atoms with E-state index in [-0.39, 0.29) is 11.5 Å². The highest BCUT2D eigenvalue weighted by molar-refractivity contribution is 5.94. The van der Waals surface area contributed by atoms with E-state index in [4.69, 9.17) is 0 Å². The fourth-order valence-electron chi connectivity index (χ4n) is 4.98. The Labute approximate surface area is 163 Å². The molecule has 2 bridgehead atoms. The fourth-order valence-corrected chi connectivity index (χ4v) is 4.98. The van der Waals surface area contributed by atoms with Crippen molar-refractivity contribution in [1.29, 1.82) is 0 Å². The number of pyridine rings is 1. The first-order valence-corrected chi connectivity index (χ1v) is 9.76. The van der Waals surface area contributed by atoms with Gasteiger partial charge in [0, 0.05) is 43.3 Å². The average Bonchev–Trinajstić information content (AvgIpc) is 2.74. The summed E-state index contributed by atoms with van der Waals surface area (Å²) in [6.07, 6.45) is 2.67. The molecule has 28 heavy (non-hydrogen) atoms. The molecule has 4 nitrogen and oxygen atoms in total. The van der Waals surface area contributed by atoms with Crippen LogP contribution in [0.3, 0.4) is 0 Å². The van der Waals surface area contributed by atoms with Crippen molar-refractivity contribution in [1.82, 2.24) is 9.88 Å². The van der Waals surface area contributed by atoms with E-state index in [1.54, 1.807) is 19.3 Å². The lowest BCUT2D eigenvalue weighted by Crippen LogP contribution is -2.39. The quantitative estimate of drug-likeness (QED) is 0.768. The van der Waals surface area contributed by atoms with Gasteiger partial charge < -0.3 is 9.88 Å². The SMILES string of the molecule is Cn1ccc(C(=O)NCC2CC3c4ccccc4C2c2ccccc23)cc1=O. The monoisotopic (exact) mass is 370 g/mol. The van der Waals surface area contributed by atoms with Gasteiger partial charge in [-0.05, 0) is 40.7 Å². The number of benzene rings is 2. The van der Waals surface area contributed by atoms with Gasteiger partial charge in [0.1, 0.15) is 0 Å². The van der Waals surface area contributed by atoms with Crippen LogP contribution < -0.4 is 10.9 Å². The van der Waals surface area contributed by atoms with E-state index in [9.17, 15) is 9.59 Å². The van der Waals surface area contributed by atoms with Gasteiger partial charge in [0.2, 0.25) is 0 Å². The van der Waals surface area contributed by atoms with Gasteiger partial charge in [-0.3, -0.25) is 9.59 Å². The molecule has 1 amide bonds. The summed E-state index contributed by atoms with van der Waals surface area (Å²) in [5.41, 5.74) is 5.90. The summed E-state index contributed by atoms with van der Waals surface area (Å²) in [6.45, 7) is 0.609. The number of fused-ring (bicyclic) bond motifs is 1. The van der Waals surface area contributed by atoms with Crippen molar-refractivity contribution in [2.75, 3.05) is 6.54 Å². The Morgan fingerprint density at radius 2 is 1.61 bits per heavy atom. The number of nitrogens with zero attached hydrogens (tertiary/aromatic N) is 1. The second kappa shape index (κ2) is 6.48. The minimum atomic E-state index is -0.180. The van der Waals surface area contributed by atoms with E-state index in [2.05, 4.69) is 53.8 Å². The molecule has 0 spiro atoms. The number of nitrogens with one attached hydrogen (secondary N) is 1. The summed E-state index contributed by atoms with van der Waals surface area (Å²) < 4.78 is 1.46. The van der Waals surface area contributed by atoms with Crippen LogP contribution >= 0.6 is 0 Å². The Morgan fingerprint density at radius 3 is 2.21 bits per heavy atom. The summed E-state index contributed by atoms with van der Waals surface area (Å²) in [5.74, 6) is 0.871. The Morgan fingerprint density at radius 1 is 1.00 bits per heavy atom. The van der Waals surface area contributed by atoms with Crippen molar-refractivity contribution in [2.45, 2.75) is 18.3 Å². The van der Waals surface area contributed by atoms with E-state index in [0.717, 1.165) is 6.42 Å². The molecule has 140 valence electrons. The minimum absolute atomic E-state index is 0.174. The van der Waals surface area contributed by atoms with Gasteiger partial charge in [0.15, 0.2) is 0 Å². The number of aryl methyl sites for hydroxylation is 1. The summed E-state index contributed by atoms with van der Waals surface area (Å²) >= 11 is 0. The van der Waals surface area contributed by atoms with E-state index in [1.807, 2.05) is 0 Å². The number of carbonyl (C=O) groups excluding carboxylic acids is 1. The summed E-state index contributed by atoms with van der Waals surface area (Å²) in [4.78, 5) is 24.4. The molecule has 0 saturated heterocycles. The molecule has 2 aromatic carbocycles. The van der Waals surface area contributed by atoms with Gasteiger partial charge in [-0.2, -0.15) is 0 Å². The molecular formula is C24H22N2O2. The number of aromatic nitrogens is 1. The Balaban J connectivity index is 1.42. The van der Waals surface area contributed by atoms with Crippen LogP contribution in [-0.2, 0) is 7.05 Å². The molecule has 0 saturated carbocycles. The maximum atomic E-state index is 12.6. The molecule has 1 heterocycles. The number of carbonyl (C=O) groups is 1. The van der Waals surface area contributed by atoms with Crippen molar-refractivity contribution in [2.24, 2.45) is 13.0 Å². The van der Waals surface area contributed by atoms with Gasteiger partial charge in [-0.15, -0.1) is 0 Å². The highest BCUT2D eigenvalue weighted by Crippen LogP contribution is 2.55. The van der Waals surface area contributed by atoms with Crippen molar-refractivity contribution < 1.29 is 4.79 Å². The van der Waals surface area contributed by atoms with E-state index in [0.29, 0.717) is 29.9 Å². The minimum Gasteiger partial charge on any atom is -0.352 e. The van der Waals surface area contributed by atoms with Gasteiger partial charge in [-0.1, -0.05) is 48.5 Å². The lowest BCUT2D eigenvalue weighted by Gasteiger charge is -2.45. The topological polar surface area (TPSA) is 51.1 Å². The Hall–Kier alpha value is -3.14. The maximum Gasteiger partial charge on any atom is 0.251 e. The zero-order valence-electron chi connectivity index (χ0n) is 15.8. The van der Waals surface area contributed by atoms with E-state index in [1.165, 1.54) is 32.9 Å². The number of rotatable bonds is 3. The van der Waals surface area contributed by atoms with E-state index >= 15 is 0 Å². The zero-order valence-corrected chi connectivity index (χ0v) is 15.8. The van der Waals surface area contributed by atoms with Gasteiger partial charge >= 0.3 is 0 Å². The third-order valence-electron chi connectivity index (χ3n) is 6.31. The van der Waals surface area contributed by atoms with Crippen molar-refractivity contribution in [3.05, 3.63) is 105 Å². The van der Waals surface area contributed by atoms with Crippen molar-refractivity contribution in [3.8, 4) is 0 Å². The smallest absolute Gasteiger partial charge is 0.251 e. The highest BCUT2D eigenvalue weighted by atomic mass is 16.2. The van der Waals surface area contributed by atoms with Crippen LogP contribution in [0.15, 0.2) is 71.7 Å². The summed E-state index contributed by atoms with van der Waals surface area (Å²) in [6, 6.07) is 20.5. The van der Waals surface area contributed by atoms with E-state index < -0.39 is 0 Å². The first-order chi connectivity index (χ1) is 13.6. The third kappa shape index (κ3) is 2.60. The largest absolute Gasteiger partial charge is 0.352 e. The molecule has 6 rings (SSSR count). The molecule has 3 aliphatic carbocycles. The molecule has 0 aliphatic heterocycles. The molecule has 0 fully saturated rings. The normalized spacial score (nSPS) is 21.7. The molecule has 0 radical (unpaired) electrons. The summed E-state index contributed by atoms with van der Waals surface area (Å²) in [7, 11) is 1.68. The van der Waals surface area contributed by atoms with Crippen LogP contribution in [0.4, 0.5) is 0 Å². The van der Waals surface area contributed by atoms with Crippen LogP contribution in [0.25, 0.3) is 0 Å². The van der Waals surface area contributed by atoms with Crippen molar-refractivity contribution >= 4 is 5.91 Å². The predicted molar refractivity (Wildman–Crippen MR) is 109 cm³/mol. The molecule has 4 heteroatoms. The molecule has 1 unspecified atom stereocenters. The molecule has 1 aromatic heterocycles. The van der Waals surface area contributed by atoms with Crippen LogP contribution in [0.5, 0.6) is 0 Å². The molecular weight excluding hydrogens is 348 g/mol. The maximum absolute atomic E-state index is 12.6. The van der Waals surface area contributed by atoms with Crippen molar-refractivity contribution in [3.63, 3.8) is 0 Å². The van der Waals surface area contributed by atoms with Crippen LogP contribution in [-0.4, -0.2) is 17.0 Å². The number of amides is 1. The summed E-state index contributed by atoms with van der Waals surface area (Å²) in [5, 5.41) is 3.07. The van der Waals surface area contributed by atoms with Gasteiger partial charge in [0.05, 0.1) is 0 Å². The molecule has 3 aliphatic rings. The second-order valence-electron chi connectivity index (χ2n) is 7.86. The average molecular weight is 370 g/mol. The molecule has 1 N–H and O–H groups in total. The zero-order chi connectivity index (χ0) is 19.3. The molecule has 1 atom stereocenters. The first-order valence-electron chi connectivity index (χ1n) is 9.76.